The highest BCUT2D eigenvalue weighted by molar-refractivity contribution is 8.00. The van der Waals surface area contributed by atoms with Gasteiger partial charge in [-0.1, -0.05) is 26.2 Å². The van der Waals surface area contributed by atoms with E-state index in [2.05, 4.69) is 6.92 Å². The summed E-state index contributed by atoms with van der Waals surface area (Å²) in [5.41, 5.74) is -0.361. The number of ether oxygens (including phenoxy) is 1. The molecule has 0 saturated carbocycles. The van der Waals surface area contributed by atoms with Crippen LogP contribution in [0.5, 0.6) is 0 Å². The highest BCUT2D eigenvalue weighted by Crippen LogP contribution is 2.39. The Hall–Kier alpha value is 0.270. The number of rotatable bonds is 5. The van der Waals surface area contributed by atoms with E-state index in [1.165, 1.54) is 32.1 Å². The fourth-order valence-electron chi connectivity index (χ4n) is 3.00. The maximum atomic E-state index is 10.5. The van der Waals surface area contributed by atoms with E-state index in [4.69, 9.17) is 4.74 Å². The maximum Gasteiger partial charge on any atom is 0.0771 e. The van der Waals surface area contributed by atoms with Crippen LogP contribution in [0.15, 0.2) is 0 Å². The van der Waals surface area contributed by atoms with Gasteiger partial charge in [0.25, 0.3) is 0 Å². The van der Waals surface area contributed by atoms with E-state index >= 15 is 0 Å². The molecular formula is C14H26O2S. The van der Waals surface area contributed by atoms with Gasteiger partial charge in [0.05, 0.1) is 5.60 Å². The van der Waals surface area contributed by atoms with Crippen LogP contribution in [0.25, 0.3) is 0 Å². The standard InChI is InChI=1S/C14H26O2S/c1-12-14(15,8-11-17-12)7-3-2-4-13-5-9-16-10-6-13/h12-13,15H,2-11H2,1H3. The molecule has 0 bridgehead atoms. The number of thioether (sulfide) groups is 1. The zero-order valence-corrected chi connectivity index (χ0v) is 11.8. The van der Waals surface area contributed by atoms with Gasteiger partial charge in [-0.15, -0.1) is 0 Å². The molecule has 2 aliphatic heterocycles. The van der Waals surface area contributed by atoms with Crippen molar-refractivity contribution in [1.82, 2.24) is 0 Å². The smallest absolute Gasteiger partial charge is 0.0771 e. The molecule has 1 N–H and O–H groups in total. The lowest BCUT2D eigenvalue weighted by Crippen LogP contribution is -2.34. The predicted molar refractivity (Wildman–Crippen MR) is 73.5 cm³/mol. The second kappa shape index (κ2) is 6.44. The van der Waals surface area contributed by atoms with Crippen molar-refractivity contribution in [2.45, 2.75) is 62.7 Å². The molecule has 2 saturated heterocycles. The molecule has 2 fully saturated rings. The summed E-state index contributed by atoms with van der Waals surface area (Å²) in [5.74, 6) is 2.02. The van der Waals surface area contributed by atoms with E-state index < -0.39 is 0 Å². The minimum Gasteiger partial charge on any atom is -0.389 e. The van der Waals surface area contributed by atoms with Crippen LogP contribution in [0.3, 0.4) is 0 Å². The Balaban J connectivity index is 1.59. The van der Waals surface area contributed by atoms with Gasteiger partial charge in [-0.3, -0.25) is 0 Å². The second-order valence-corrected chi connectivity index (χ2v) is 7.12. The first-order valence-corrected chi connectivity index (χ1v) is 8.17. The number of aliphatic hydroxyl groups is 1. The topological polar surface area (TPSA) is 29.5 Å². The van der Waals surface area contributed by atoms with Crippen molar-refractivity contribution < 1.29 is 9.84 Å². The van der Waals surface area contributed by atoms with Gasteiger partial charge >= 0.3 is 0 Å². The molecule has 2 rings (SSSR count). The molecule has 0 spiro atoms. The van der Waals surface area contributed by atoms with Crippen LogP contribution in [0.2, 0.25) is 0 Å². The minimum atomic E-state index is -0.361. The van der Waals surface area contributed by atoms with Crippen molar-refractivity contribution in [2.24, 2.45) is 5.92 Å². The van der Waals surface area contributed by atoms with Crippen molar-refractivity contribution in [2.75, 3.05) is 19.0 Å². The Morgan fingerprint density at radius 1 is 1.29 bits per heavy atom. The van der Waals surface area contributed by atoms with Crippen LogP contribution < -0.4 is 0 Å². The third kappa shape index (κ3) is 3.87. The lowest BCUT2D eigenvalue weighted by Gasteiger charge is -2.27. The number of hydrogen-bond donors (Lipinski definition) is 1. The second-order valence-electron chi connectivity index (χ2n) is 5.67. The van der Waals surface area contributed by atoms with E-state index in [-0.39, 0.29) is 5.60 Å². The molecule has 17 heavy (non-hydrogen) atoms. The Morgan fingerprint density at radius 3 is 2.71 bits per heavy atom. The summed E-state index contributed by atoms with van der Waals surface area (Å²) < 4.78 is 5.37. The van der Waals surface area contributed by atoms with Crippen LogP contribution in [0.1, 0.15) is 51.9 Å². The fourth-order valence-corrected chi connectivity index (χ4v) is 4.37. The highest BCUT2D eigenvalue weighted by Gasteiger charge is 2.38. The number of unbranched alkanes of at least 4 members (excludes halogenated alkanes) is 1. The lowest BCUT2D eigenvalue weighted by molar-refractivity contribution is 0.0325. The molecule has 2 unspecified atom stereocenters. The quantitative estimate of drug-likeness (QED) is 0.768. The van der Waals surface area contributed by atoms with Crippen LogP contribution in [-0.2, 0) is 4.74 Å². The fraction of sp³-hybridized carbons (Fsp3) is 1.00. The molecule has 2 nitrogen and oxygen atoms in total. The maximum absolute atomic E-state index is 10.5. The summed E-state index contributed by atoms with van der Waals surface area (Å²) >= 11 is 1.92. The van der Waals surface area contributed by atoms with Crippen molar-refractivity contribution in [3.05, 3.63) is 0 Å². The van der Waals surface area contributed by atoms with Crippen molar-refractivity contribution >= 4 is 11.8 Å². The summed E-state index contributed by atoms with van der Waals surface area (Å²) in [6.07, 6.45) is 8.30. The van der Waals surface area contributed by atoms with Gasteiger partial charge in [0.2, 0.25) is 0 Å². The summed E-state index contributed by atoms with van der Waals surface area (Å²) in [7, 11) is 0. The normalized spacial score (nSPS) is 35.3. The summed E-state index contributed by atoms with van der Waals surface area (Å²) in [4.78, 5) is 0. The predicted octanol–water partition coefficient (Wildman–Crippen LogP) is 3.23. The van der Waals surface area contributed by atoms with Crippen molar-refractivity contribution in [3.63, 3.8) is 0 Å². The molecule has 2 heterocycles. The Labute approximate surface area is 110 Å². The van der Waals surface area contributed by atoms with Gasteiger partial charge in [-0.05, 0) is 37.4 Å². The third-order valence-electron chi connectivity index (χ3n) is 4.47. The largest absolute Gasteiger partial charge is 0.389 e. The van der Waals surface area contributed by atoms with Gasteiger partial charge in [0, 0.05) is 18.5 Å². The average Bonchev–Trinajstić information content (AvgIpc) is 2.67. The third-order valence-corrected chi connectivity index (χ3v) is 5.85. The lowest BCUT2D eigenvalue weighted by atomic mass is 9.88. The first kappa shape index (κ1) is 13.7. The van der Waals surface area contributed by atoms with Crippen LogP contribution >= 0.6 is 11.8 Å². The molecule has 0 aromatic rings. The van der Waals surface area contributed by atoms with E-state index in [0.29, 0.717) is 5.25 Å². The number of hydrogen-bond acceptors (Lipinski definition) is 3. The first-order valence-electron chi connectivity index (χ1n) is 7.12. The zero-order chi connectivity index (χ0) is 12.1. The molecule has 2 aliphatic rings. The average molecular weight is 258 g/mol. The SMILES string of the molecule is CC1SCCC1(O)CCCCC1CCOCC1. The van der Waals surface area contributed by atoms with E-state index in [9.17, 15) is 5.11 Å². The molecule has 0 radical (unpaired) electrons. The minimum absolute atomic E-state index is 0.361. The summed E-state index contributed by atoms with van der Waals surface area (Å²) in [6, 6.07) is 0. The summed E-state index contributed by atoms with van der Waals surface area (Å²) in [6.45, 7) is 4.10. The molecular weight excluding hydrogens is 232 g/mol. The van der Waals surface area contributed by atoms with Gasteiger partial charge in [-0.2, -0.15) is 11.8 Å². The Kier molecular flexibility index (Phi) is 5.19. The van der Waals surface area contributed by atoms with E-state index in [1.807, 2.05) is 11.8 Å². The molecule has 0 aromatic carbocycles. The van der Waals surface area contributed by atoms with Gasteiger partial charge < -0.3 is 9.84 Å². The van der Waals surface area contributed by atoms with E-state index in [0.717, 1.165) is 37.7 Å². The molecule has 0 aliphatic carbocycles. The van der Waals surface area contributed by atoms with Gasteiger partial charge in [-0.25, -0.2) is 0 Å². The van der Waals surface area contributed by atoms with Crippen LogP contribution in [0, 0.1) is 5.92 Å². The van der Waals surface area contributed by atoms with Crippen LogP contribution in [0.4, 0.5) is 0 Å². The Morgan fingerprint density at radius 2 is 2.06 bits per heavy atom. The monoisotopic (exact) mass is 258 g/mol. The van der Waals surface area contributed by atoms with Crippen molar-refractivity contribution in [3.8, 4) is 0 Å². The highest BCUT2D eigenvalue weighted by atomic mass is 32.2. The molecule has 2 atom stereocenters. The zero-order valence-electron chi connectivity index (χ0n) is 11.0. The Bertz CT molecular complexity index is 228. The van der Waals surface area contributed by atoms with Crippen molar-refractivity contribution in [1.29, 1.82) is 0 Å². The molecule has 0 aromatic heterocycles. The summed E-state index contributed by atoms with van der Waals surface area (Å²) in [5, 5.41) is 10.9. The van der Waals surface area contributed by atoms with Gasteiger partial charge in [0.15, 0.2) is 0 Å². The molecule has 100 valence electrons. The van der Waals surface area contributed by atoms with Crippen LogP contribution in [-0.4, -0.2) is 34.9 Å². The molecule has 3 heteroatoms. The molecule has 0 amide bonds. The van der Waals surface area contributed by atoms with Gasteiger partial charge in [0.1, 0.15) is 0 Å². The first-order chi connectivity index (χ1) is 8.21. The van der Waals surface area contributed by atoms with E-state index in [1.54, 1.807) is 0 Å².